The van der Waals surface area contributed by atoms with E-state index >= 15 is 0 Å². The predicted molar refractivity (Wildman–Crippen MR) is 111 cm³/mol. The number of para-hydroxylation sites is 1. The zero-order chi connectivity index (χ0) is 21.3. The van der Waals surface area contributed by atoms with Crippen molar-refractivity contribution >= 4 is 11.8 Å². The lowest BCUT2D eigenvalue weighted by Gasteiger charge is -2.40. The SMILES string of the molecule is CCN1C(=O)C(c2ccc(F)cc2)C2(CCN(Cc3ccccc3OC)CC2)C1=O. The number of likely N-dealkylation sites (N-methyl/N-ethyl adjacent to an activating group) is 1. The number of methoxy groups -OCH3 is 1. The first kappa shape index (κ1) is 20.5. The summed E-state index contributed by atoms with van der Waals surface area (Å²) < 4.78 is 18.9. The van der Waals surface area contributed by atoms with Crippen molar-refractivity contribution in [2.45, 2.75) is 32.2 Å². The molecule has 1 unspecified atom stereocenters. The number of carbonyl (C=O) groups excluding carboxylic acids is 2. The van der Waals surface area contributed by atoms with Gasteiger partial charge in [-0.2, -0.15) is 0 Å². The van der Waals surface area contributed by atoms with Crippen LogP contribution in [-0.2, 0) is 16.1 Å². The number of ether oxygens (including phenoxy) is 1. The van der Waals surface area contributed by atoms with E-state index in [1.54, 1.807) is 19.2 Å². The molecule has 0 N–H and O–H groups in total. The number of piperidine rings is 1. The number of carbonyl (C=O) groups is 2. The summed E-state index contributed by atoms with van der Waals surface area (Å²) in [6.45, 7) is 4.36. The van der Waals surface area contributed by atoms with Gasteiger partial charge in [0.1, 0.15) is 11.6 Å². The number of likely N-dealkylation sites (tertiary alicyclic amines) is 2. The Morgan fingerprint density at radius 3 is 2.37 bits per heavy atom. The van der Waals surface area contributed by atoms with E-state index in [2.05, 4.69) is 4.90 Å². The second-order valence-corrected chi connectivity index (χ2v) is 8.12. The molecule has 0 saturated carbocycles. The molecule has 2 aliphatic rings. The molecule has 2 fully saturated rings. The molecule has 30 heavy (non-hydrogen) atoms. The molecule has 0 aromatic heterocycles. The summed E-state index contributed by atoms with van der Waals surface area (Å²) in [6.07, 6.45) is 1.20. The van der Waals surface area contributed by atoms with Crippen LogP contribution in [0.15, 0.2) is 48.5 Å². The highest BCUT2D eigenvalue weighted by Crippen LogP contribution is 2.51. The van der Waals surface area contributed by atoms with Gasteiger partial charge in [0, 0.05) is 18.7 Å². The minimum atomic E-state index is -0.748. The van der Waals surface area contributed by atoms with E-state index in [4.69, 9.17) is 4.74 Å². The van der Waals surface area contributed by atoms with Crippen molar-refractivity contribution in [1.82, 2.24) is 9.80 Å². The minimum absolute atomic E-state index is 0.0822. The lowest BCUT2D eigenvalue weighted by Crippen LogP contribution is -2.46. The Bertz CT molecular complexity index is 936. The third kappa shape index (κ3) is 3.39. The van der Waals surface area contributed by atoms with Gasteiger partial charge in [-0.05, 0) is 56.6 Å². The van der Waals surface area contributed by atoms with Crippen LogP contribution in [0.4, 0.5) is 4.39 Å². The third-order valence-electron chi connectivity index (χ3n) is 6.59. The average Bonchev–Trinajstić information content (AvgIpc) is 2.96. The molecule has 158 valence electrons. The largest absolute Gasteiger partial charge is 0.496 e. The first-order valence-corrected chi connectivity index (χ1v) is 10.5. The highest BCUT2D eigenvalue weighted by atomic mass is 19.1. The van der Waals surface area contributed by atoms with Crippen LogP contribution >= 0.6 is 0 Å². The zero-order valence-corrected chi connectivity index (χ0v) is 17.4. The van der Waals surface area contributed by atoms with Gasteiger partial charge < -0.3 is 4.74 Å². The summed E-state index contributed by atoms with van der Waals surface area (Å²) in [4.78, 5) is 30.2. The molecule has 0 bridgehead atoms. The molecule has 0 aliphatic carbocycles. The first-order chi connectivity index (χ1) is 14.5. The zero-order valence-electron chi connectivity index (χ0n) is 17.4. The second-order valence-electron chi connectivity index (χ2n) is 8.12. The molecule has 1 atom stereocenters. The summed E-state index contributed by atoms with van der Waals surface area (Å²) >= 11 is 0. The monoisotopic (exact) mass is 410 g/mol. The number of hydrogen-bond donors (Lipinski definition) is 0. The molecular formula is C24H27FN2O3. The molecule has 6 heteroatoms. The Labute approximate surface area is 176 Å². The summed E-state index contributed by atoms with van der Waals surface area (Å²) in [6, 6.07) is 14.0. The number of rotatable bonds is 5. The Morgan fingerprint density at radius 2 is 1.73 bits per heavy atom. The maximum atomic E-state index is 13.5. The lowest BCUT2D eigenvalue weighted by molar-refractivity contribution is -0.142. The third-order valence-corrected chi connectivity index (χ3v) is 6.59. The van der Waals surface area contributed by atoms with Crippen molar-refractivity contribution in [3.05, 3.63) is 65.5 Å². The maximum Gasteiger partial charge on any atom is 0.237 e. The average molecular weight is 410 g/mol. The number of benzene rings is 2. The molecule has 2 saturated heterocycles. The Hall–Kier alpha value is -2.73. The molecule has 2 aromatic carbocycles. The summed E-state index contributed by atoms with van der Waals surface area (Å²) in [5.74, 6) is -0.276. The number of halogens is 1. The fourth-order valence-corrected chi connectivity index (χ4v) is 4.99. The van der Waals surface area contributed by atoms with Crippen LogP contribution in [0.1, 0.15) is 36.8 Å². The number of imide groups is 1. The molecule has 1 spiro atoms. The fourth-order valence-electron chi connectivity index (χ4n) is 4.99. The van der Waals surface area contributed by atoms with Gasteiger partial charge in [0.15, 0.2) is 0 Å². The standard InChI is InChI=1S/C24H27FN2O3/c1-3-27-22(28)21(17-8-10-19(25)11-9-17)24(23(27)29)12-14-26(15-13-24)16-18-6-4-5-7-20(18)30-2/h4-11,21H,3,12-16H2,1-2H3. The molecule has 2 aliphatic heterocycles. The van der Waals surface area contributed by atoms with Crippen molar-refractivity contribution in [3.63, 3.8) is 0 Å². The smallest absolute Gasteiger partial charge is 0.237 e. The fraction of sp³-hybridized carbons (Fsp3) is 0.417. The second kappa shape index (κ2) is 8.19. The van der Waals surface area contributed by atoms with Gasteiger partial charge in [0.25, 0.3) is 0 Å². The van der Waals surface area contributed by atoms with Crippen LogP contribution in [0.5, 0.6) is 5.75 Å². The molecule has 2 amide bonds. The van der Waals surface area contributed by atoms with Crippen LogP contribution in [0.3, 0.4) is 0 Å². The van der Waals surface area contributed by atoms with Gasteiger partial charge in [-0.25, -0.2) is 4.39 Å². The van der Waals surface area contributed by atoms with Crippen molar-refractivity contribution in [2.75, 3.05) is 26.7 Å². The van der Waals surface area contributed by atoms with Crippen molar-refractivity contribution in [3.8, 4) is 5.75 Å². The molecule has 2 heterocycles. The maximum absolute atomic E-state index is 13.5. The summed E-state index contributed by atoms with van der Waals surface area (Å²) in [5, 5.41) is 0. The van der Waals surface area contributed by atoms with E-state index in [9.17, 15) is 14.0 Å². The number of hydrogen-bond acceptors (Lipinski definition) is 4. The van der Waals surface area contributed by atoms with E-state index in [1.807, 2.05) is 31.2 Å². The van der Waals surface area contributed by atoms with E-state index in [1.165, 1.54) is 17.0 Å². The Balaban J connectivity index is 1.58. The molecule has 5 nitrogen and oxygen atoms in total. The summed E-state index contributed by atoms with van der Waals surface area (Å²) in [5.41, 5.74) is 1.08. The highest BCUT2D eigenvalue weighted by molar-refractivity contribution is 6.10. The van der Waals surface area contributed by atoms with Crippen molar-refractivity contribution < 1.29 is 18.7 Å². The van der Waals surface area contributed by atoms with Crippen LogP contribution in [0.25, 0.3) is 0 Å². The normalized spacial score (nSPS) is 21.4. The molecule has 0 radical (unpaired) electrons. The number of amides is 2. The van der Waals surface area contributed by atoms with Gasteiger partial charge in [0.2, 0.25) is 11.8 Å². The molecule has 2 aromatic rings. The van der Waals surface area contributed by atoms with E-state index in [0.717, 1.165) is 23.4 Å². The van der Waals surface area contributed by atoms with E-state index in [-0.39, 0.29) is 17.6 Å². The summed E-state index contributed by atoms with van der Waals surface area (Å²) in [7, 11) is 1.67. The van der Waals surface area contributed by atoms with Gasteiger partial charge in [-0.1, -0.05) is 30.3 Å². The van der Waals surface area contributed by atoms with Gasteiger partial charge in [0.05, 0.1) is 18.4 Å². The number of nitrogens with zero attached hydrogens (tertiary/aromatic N) is 2. The molecule has 4 rings (SSSR count). The Morgan fingerprint density at radius 1 is 1.07 bits per heavy atom. The highest BCUT2D eigenvalue weighted by Gasteiger charge is 2.59. The van der Waals surface area contributed by atoms with Crippen molar-refractivity contribution in [1.29, 1.82) is 0 Å². The van der Waals surface area contributed by atoms with Crippen LogP contribution < -0.4 is 4.74 Å². The topological polar surface area (TPSA) is 49.9 Å². The van der Waals surface area contributed by atoms with Gasteiger partial charge in [-0.3, -0.25) is 19.4 Å². The first-order valence-electron chi connectivity index (χ1n) is 10.5. The van der Waals surface area contributed by atoms with Gasteiger partial charge in [-0.15, -0.1) is 0 Å². The lowest BCUT2D eigenvalue weighted by atomic mass is 9.67. The van der Waals surface area contributed by atoms with E-state index in [0.29, 0.717) is 32.5 Å². The predicted octanol–water partition coefficient (Wildman–Crippen LogP) is 3.59. The quantitative estimate of drug-likeness (QED) is 0.707. The van der Waals surface area contributed by atoms with Crippen LogP contribution in [0.2, 0.25) is 0 Å². The van der Waals surface area contributed by atoms with Crippen LogP contribution in [0, 0.1) is 11.2 Å². The van der Waals surface area contributed by atoms with Gasteiger partial charge >= 0.3 is 0 Å². The van der Waals surface area contributed by atoms with Crippen LogP contribution in [-0.4, -0.2) is 48.4 Å². The van der Waals surface area contributed by atoms with E-state index < -0.39 is 11.3 Å². The minimum Gasteiger partial charge on any atom is -0.496 e. The Kier molecular flexibility index (Phi) is 5.60. The molecular weight excluding hydrogens is 383 g/mol. The van der Waals surface area contributed by atoms with Crippen molar-refractivity contribution in [2.24, 2.45) is 5.41 Å².